The molecule has 132 valence electrons. The summed E-state index contributed by atoms with van der Waals surface area (Å²) in [6.07, 6.45) is 0.845. The lowest BCUT2D eigenvalue weighted by Gasteiger charge is -2.09. The number of aromatic amines is 1. The van der Waals surface area contributed by atoms with Gasteiger partial charge in [-0.05, 0) is 30.7 Å². The molecule has 6 heteroatoms. The van der Waals surface area contributed by atoms with Gasteiger partial charge in [-0.3, -0.25) is 14.4 Å². The van der Waals surface area contributed by atoms with E-state index in [0.717, 1.165) is 6.42 Å². The van der Waals surface area contributed by atoms with Crippen molar-refractivity contribution in [3.8, 4) is 0 Å². The van der Waals surface area contributed by atoms with E-state index in [2.05, 4.69) is 15.6 Å². The standard InChI is InChI=1S/C20H19N3O3/c1-2-10-21-19(25)13-6-5-7-14(11-13)22-20(26)16-12-18(24)23-17-9-4-3-8-15(16)17/h3-9,11-12H,2,10H2,1H3,(H,21,25)(H,22,26)(H,23,24). The second-order valence-electron chi connectivity index (χ2n) is 5.88. The molecule has 0 radical (unpaired) electrons. The summed E-state index contributed by atoms with van der Waals surface area (Å²) in [5, 5.41) is 6.21. The second-order valence-corrected chi connectivity index (χ2v) is 5.88. The first kappa shape index (κ1) is 17.4. The van der Waals surface area contributed by atoms with Gasteiger partial charge in [0.2, 0.25) is 5.56 Å². The van der Waals surface area contributed by atoms with E-state index < -0.39 is 5.91 Å². The highest BCUT2D eigenvalue weighted by molar-refractivity contribution is 6.12. The van der Waals surface area contributed by atoms with E-state index in [1.54, 1.807) is 48.5 Å². The monoisotopic (exact) mass is 349 g/mol. The van der Waals surface area contributed by atoms with Crippen LogP contribution >= 0.6 is 0 Å². The number of benzene rings is 2. The summed E-state index contributed by atoms with van der Waals surface area (Å²) in [6.45, 7) is 2.57. The molecule has 26 heavy (non-hydrogen) atoms. The zero-order valence-electron chi connectivity index (χ0n) is 14.3. The number of carbonyl (C=O) groups is 2. The van der Waals surface area contributed by atoms with E-state index in [9.17, 15) is 14.4 Å². The highest BCUT2D eigenvalue weighted by atomic mass is 16.2. The minimum absolute atomic E-state index is 0.190. The Bertz CT molecular complexity index is 1020. The Morgan fingerprint density at radius 2 is 1.81 bits per heavy atom. The average molecular weight is 349 g/mol. The number of pyridine rings is 1. The topological polar surface area (TPSA) is 91.1 Å². The number of nitrogens with one attached hydrogen (secondary N) is 3. The van der Waals surface area contributed by atoms with E-state index >= 15 is 0 Å². The average Bonchev–Trinajstić information content (AvgIpc) is 2.65. The van der Waals surface area contributed by atoms with E-state index in [1.165, 1.54) is 6.07 Å². The molecular formula is C20H19N3O3. The molecule has 6 nitrogen and oxygen atoms in total. The minimum atomic E-state index is -0.404. The van der Waals surface area contributed by atoms with Gasteiger partial charge in [-0.15, -0.1) is 0 Å². The number of anilines is 1. The molecule has 3 rings (SSSR count). The molecule has 3 N–H and O–H groups in total. The van der Waals surface area contributed by atoms with Gasteiger partial charge in [0, 0.05) is 34.8 Å². The van der Waals surface area contributed by atoms with Crippen LogP contribution in [0.2, 0.25) is 0 Å². The molecule has 2 aromatic carbocycles. The Morgan fingerprint density at radius 1 is 1.00 bits per heavy atom. The van der Waals surface area contributed by atoms with Gasteiger partial charge in [0.25, 0.3) is 11.8 Å². The maximum absolute atomic E-state index is 12.7. The van der Waals surface area contributed by atoms with Crippen LogP contribution < -0.4 is 16.2 Å². The zero-order chi connectivity index (χ0) is 18.5. The van der Waals surface area contributed by atoms with Crippen molar-refractivity contribution in [3.63, 3.8) is 0 Å². The highest BCUT2D eigenvalue weighted by Gasteiger charge is 2.13. The Kier molecular flexibility index (Phi) is 5.12. The lowest BCUT2D eigenvalue weighted by atomic mass is 10.1. The zero-order valence-corrected chi connectivity index (χ0v) is 14.3. The van der Waals surface area contributed by atoms with Gasteiger partial charge >= 0.3 is 0 Å². The molecule has 0 spiro atoms. The summed E-state index contributed by atoms with van der Waals surface area (Å²) in [6, 6.07) is 15.1. The van der Waals surface area contributed by atoms with Crippen LogP contribution in [0.15, 0.2) is 59.4 Å². The van der Waals surface area contributed by atoms with Crippen LogP contribution in [0, 0.1) is 0 Å². The van der Waals surface area contributed by atoms with Gasteiger partial charge in [0.05, 0.1) is 5.56 Å². The number of hydrogen-bond donors (Lipinski definition) is 3. The quantitative estimate of drug-likeness (QED) is 0.661. The third kappa shape index (κ3) is 3.80. The van der Waals surface area contributed by atoms with Gasteiger partial charge in [-0.2, -0.15) is 0 Å². The van der Waals surface area contributed by atoms with Crippen molar-refractivity contribution in [2.45, 2.75) is 13.3 Å². The van der Waals surface area contributed by atoms with Crippen molar-refractivity contribution in [3.05, 3.63) is 76.1 Å². The molecule has 1 aromatic heterocycles. The van der Waals surface area contributed by atoms with E-state index in [1.807, 2.05) is 6.92 Å². The number of carbonyl (C=O) groups excluding carboxylic acids is 2. The van der Waals surface area contributed by atoms with Gasteiger partial charge in [-0.1, -0.05) is 31.2 Å². The fraction of sp³-hybridized carbons (Fsp3) is 0.150. The number of para-hydroxylation sites is 1. The largest absolute Gasteiger partial charge is 0.352 e. The number of aromatic nitrogens is 1. The third-order valence-electron chi connectivity index (χ3n) is 3.91. The predicted molar refractivity (Wildman–Crippen MR) is 102 cm³/mol. The summed E-state index contributed by atoms with van der Waals surface area (Å²) in [5.41, 5.74) is 1.49. The lowest BCUT2D eigenvalue weighted by molar-refractivity contribution is 0.0952. The predicted octanol–water partition coefficient (Wildman–Crippen LogP) is 2.92. The fourth-order valence-corrected chi connectivity index (χ4v) is 2.67. The molecule has 0 saturated carbocycles. The summed E-state index contributed by atoms with van der Waals surface area (Å²) in [7, 11) is 0. The lowest BCUT2D eigenvalue weighted by Crippen LogP contribution is -2.24. The maximum Gasteiger partial charge on any atom is 0.256 e. The van der Waals surface area contributed by atoms with Crippen molar-refractivity contribution < 1.29 is 9.59 Å². The molecule has 0 aliphatic heterocycles. The third-order valence-corrected chi connectivity index (χ3v) is 3.91. The number of hydrogen-bond acceptors (Lipinski definition) is 3. The summed E-state index contributed by atoms with van der Waals surface area (Å²) in [5.74, 6) is -0.594. The van der Waals surface area contributed by atoms with Crippen molar-refractivity contribution in [2.24, 2.45) is 0 Å². The van der Waals surface area contributed by atoms with Crippen molar-refractivity contribution in [1.29, 1.82) is 0 Å². The molecule has 0 fully saturated rings. The van der Waals surface area contributed by atoms with Gasteiger partial charge in [0.15, 0.2) is 0 Å². The number of amides is 2. The van der Waals surface area contributed by atoms with Crippen LogP contribution in [0.1, 0.15) is 34.1 Å². The molecule has 0 aliphatic rings. The molecular weight excluding hydrogens is 330 g/mol. The molecule has 3 aromatic rings. The van der Waals surface area contributed by atoms with E-state index in [4.69, 9.17) is 0 Å². The van der Waals surface area contributed by atoms with Crippen molar-refractivity contribution in [1.82, 2.24) is 10.3 Å². The Labute approximate surface area is 150 Å². The van der Waals surface area contributed by atoms with Crippen LogP contribution in [0.5, 0.6) is 0 Å². The van der Waals surface area contributed by atoms with Crippen LogP contribution in [0.3, 0.4) is 0 Å². The summed E-state index contributed by atoms with van der Waals surface area (Å²) < 4.78 is 0. The normalized spacial score (nSPS) is 10.5. The van der Waals surface area contributed by atoms with Crippen molar-refractivity contribution in [2.75, 3.05) is 11.9 Å². The first-order chi connectivity index (χ1) is 12.6. The Morgan fingerprint density at radius 3 is 2.62 bits per heavy atom. The summed E-state index contributed by atoms with van der Waals surface area (Å²) in [4.78, 5) is 39.3. The second kappa shape index (κ2) is 7.65. The molecule has 1 heterocycles. The van der Waals surface area contributed by atoms with Crippen LogP contribution in [0.25, 0.3) is 10.9 Å². The summed E-state index contributed by atoms with van der Waals surface area (Å²) >= 11 is 0. The van der Waals surface area contributed by atoms with Crippen LogP contribution in [-0.4, -0.2) is 23.3 Å². The van der Waals surface area contributed by atoms with Gasteiger partial charge in [-0.25, -0.2) is 0 Å². The first-order valence-corrected chi connectivity index (χ1v) is 8.40. The van der Waals surface area contributed by atoms with Crippen LogP contribution in [0.4, 0.5) is 5.69 Å². The maximum atomic E-state index is 12.7. The van der Waals surface area contributed by atoms with Crippen LogP contribution in [-0.2, 0) is 0 Å². The van der Waals surface area contributed by atoms with Crippen molar-refractivity contribution >= 4 is 28.4 Å². The molecule has 0 bridgehead atoms. The molecule has 0 saturated heterocycles. The van der Waals surface area contributed by atoms with E-state index in [0.29, 0.717) is 28.7 Å². The highest BCUT2D eigenvalue weighted by Crippen LogP contribution is 2.17. The Hall–Kier alpha value is -3.41. The smallest absolute Gasteiger partial charge is 0.256 e. The SMILES string of the molecule is CCCNC(=O)c1cccc(NC(=O)c2cc(=O)[nH]c3ccccc23)c1. The Balaban J connectivity index is 1.87. The molecule has 0 atom stereocenters. The minimum Gasteiger partial charge on any atom is -0.352 e. The first-order valence-electron chi connectivity index (χ1n) is 8.40. The fourth-order valence-electron chi connectivity index (χ4n) is 2.67. The van der Waals surface area contributed by atoms with Gasteiger partial charge < -0.3 is 15.6 Å². The molecule has 0 aliphatic carbocycles. The molecule has 0 unspecified atom stereocenters. The number of rotatable bonds is 5. The number of fused-ring (bicyclic) bond motifs is 1. The van der Waals surface area contributed by atoms with E-state index in [-0.39, 0.29) is 17.0 Å². The number of H-pyrrole nitrogens is 1. The molecule has 2 amide bonds. The van der Waals surface area contributed by atoms with Gasteiger partial charge in [0.1, 0.15) is 0 Å².